The predicted molar refractivity (Wildman–Crippen MR) is 57.2 cm³/mol. The third-order valence-electron chi connectivity index (χ3n) is 3.83. The van der Waals surface area contributed by atoms with Crippen LogP contribution in [0.4, 0.5) is 0 Å². The monoisotopic (exact) mass is 228 g/mol. The van der Waals surface area contributed by atoms with E-state index in [-0.39, 0.29) is 12.0 Å². The molecule has 3 heterocycles. The highest BCUT2D eigenvalue weighted by Gasteiger charge is 2.45. The molecule has 92 valence electrons. The highest BCUT2D eigenvalue weighted by Crippen LogP contribution is 2.45. The summed E-state index contributed by atoms with van der Waals surface area (Å²) in [5, 5.41) is 9.28. The first-order valence-corrected chi connectivity index (χ1v) is 6.25. The summed E-state index contributed by atoms with van der Waals surface area (Å²) in [6.45, 7) is 2.94. The van der Waals surface area contributed by atoms with Crippen LogP contribution in [0.2, 0.25) is 0 Å². The second-order valence-corrected chi connectivity index (χ2v) is 5.45. The molecular weight excluding hydrogens is 208 g/mol. The lowest BCUT2D eigenvalue weighted by Gasteiger charge is -2.32. The molecule has 4 nitrogen and oxygen atoms in total. The fraction of sp³-hybridized carbons (Fsp3) is 1.00. The maximum absolute atomic E-state index is 9.28. The molecule has 0 aromatic carbocycles. The van der Waals surface area contributed by atoms with Crippen molar-refractivity contribution in [1.29, 1.82) is 0 Å². The van der Waals surface area contributed by atoms with Crippen LogP contribution in [0.5, 0.6) is 0 Å². The molecule has 3 fully saturated rings. The fourth-order valence-corrected chi connectivity index (χ4v) is 2.80. The summed E-state index contributed by atoms with van der Waals surface area (Å²) in [5.41, 5.74) is 0.179. The maximum Gasteiger partial charge on any atom is 0.0815 e. The molecule has 0 bridgehead atoms. The molecule has 3 atom stereocenters. The Morgan fingerprint density at radius 2 is 1.25 bits per heavy atom. The highest BCUT2D eigenvalue weighted by atomic mass is 16.6. The van der Waals surface area contributed by atoms with Crippen LogP contribution in [0.3, 0.4) is 0 Å². The second kappa shape index (κ2) is 4.26. The van der Waals surface area contributed by atoms with E-state index in [1.807, 2.05) is 0 Å². The number of aliphatic hydroxyl groups is 1. The predicted octanol–water partition coefficient (Wildman–Crippen LogP) is 0.722. The van der Waals surface area contributed by atoms with Crippen molar-refractivity contribution in [3.8, 4) is 0 Å². The molecule has 4 heteroatoms. The lowest BCUT2D eigenvalue weighted by Crippen LogP contribution is -2.28. The van der Waals surface area contributed by atoms with Crippen molar-refractivity contribution < 1.29 is 19.3 Å². The van der Waals surface area contributed by atoms with E-state index in [0.717, 1.165) is 45.5 Å². The van der Waals surface area contributed by atoms with Crippen LogP contribution >= 0.6 is 0 Å². The maximum atomic E-state index is 9.28. The minimum absolute atomic E-state index is 0.179. The second-order valence-electron chi connectivity index (χ2n) is 5.45. The van der Waals surface area contributed by atoms with Gasteiger partial charge in [0.25, 0.3) is 0 Å². The Labute approximate surface area is 95.9 Å². The standard InChI is InChI=1S/C12H20O4/c13-2-1-12(3-9-6-14-9,4-10-7-15-10)5-11-8-16-11/h9-11,13H,1-8H2. The van der Waals surface area contributed by atoms with Crippen molar-refractivity contribution in [3.63, 3.8) is 0 Å². The Balaban J connectivity index is 1.63. The minimum atomic E-state index is 0.179. The third-order valence-corrected chi connectivity index (χ3v) is 3.83. The van der Waals surface area contributed by atoms with Gasteiger partial charge in [0.1, 0.15) is 0 Å². The summed E-state index contributed by atoms with van der Waals surface area (Å²) < 4.78 is 16.1. The number of hydrogen-bond acceptors (Lipinski definition) is 4. The molecule has 3 aliphatic heterocycles. The van der Waals surface area contributed by atoms with Gasteiger partial charge in [-0.25, -0.2) is 0 Å². The highest BCUT2D eigenvalue weighted by molar-refractivity contribution is 4.94. The van der Waals surface area contributed by atoms with Gasteiger partial charge in [0.15, 0.2) is 0 Å². The van der Waals surface area contributed by atoms with Gasteiger partial charge in [-0.15, -0.1) is 0 Å². The van der Waals surface area contributed by atoms with Gasteiger partial charge in [0, 0.05) is 6.61 Å². The summed E-state index contributed by atoms with van der Waals surface area (Å²) in [6, 6.07) is 0. The Morgan fingerprint density at radius 3 is 1.50 bits per heavy atom. The van der Waals surface area contributed by atoms with E-state index < -0.39 is 0 Å². The molecule has 0 aromatic heterocycles. The Kier molecular flexibility index (Phi) is 2.92. The summed E-state index contributed by atoms with van der Waals surface area (Å²) >= 11 is 0. The molecule has 3 unspecified atom stereocenters. The Morgan fingerprint density at radius 1 is 0.875 bits per heavy atom. The van der Waals surface area contributed by atoms with Gasteiger partial charge in [-0.05, 0) is 31.1 Å². The van der Waals surface area contributed by atoms with Crippen molar-refractivity contribution in [2.45, 2.75) is 44.0 Å². The van der Waals surface area contributed by atoms with E-state index in [1.54, 1.807) is 0 Å². The van der Waals surface area contributed by atoms with Crippen LogP contribution in [0, 0.1) is 5.41 Å². The molecule has 0 spiro atoms. The number of aliphatic hydroxyl groups excluding tert-OH is 1. The Hall–Kier alpha value is -0.160. The van der Waals surface area contributed by atoms with Crippen molar-refractivity contribution in [1.82, 2.24) is 0 Å². The first-order valence-electron chi connectivity index (χ1n) is 6.25. The van der Waals surface area contributed by atoms with Gasteiger partial charge < -0.3 is 19.3 Å². The molecule has 1 N–H and O–H groups in total. The summed E-state index contributed by atoms with van der Waals surface area (Å²) in [6.07, 6.45) is 5.30. The number of hydrogen-bond donors (Lipinski definition) is 1. The lowest BCUT2D eigenvalue weighted by atomic mass is 9.73. The van der Waals surface area contributed by atoms with E-state index in [2.05, 4.69) is 0 Å². The molecule has 3 rings (SSSR count). The first-order chi connectivity index (χ1) is 7.80. The van der Waals surface area contributed by atoms with Crippen molar-refractivity contribution in [2.75, 3.05) is 26.4 Å². The van der Waals surface area contributed by atoms with Gasteiger partial charge in [-0.3, -0.25) is 0 Å². The van der Waals surface area contributed by atoms with Gasteiger partial charge >= 0.3 is 0 Å². The molecule has 0 aromatic rings. The topological polar surface area (TPSA) is 57.8 Å². The van der Waals surface area contributed by atoms with Crippen LogP contribution in [-0.2, 0) is 14.2 Å². The normalized spacial score (nSPS) is 39.2. The molecule has 0 radical (unpaired) electrons. The number of rotatable bonds is 8. The third kappa shape index (κ3) is 2.94. The van der Waals surface area contributed by atoms with Crippen LogP contribution in [0.25, 0.3) is 0 Å². The summed E-state index contributed by atoms with van der Waals surface area (Å²) in [5.74, 6) is 0. The van der Waals surface area contributed by atoms with Gasteiger partial charge in [0.2, 0.25) is 0 Å². The van der Waals surface area contributed by atoms with Crippen LogP contribution in [-0.4, -0.2) is 49.8 Å². The average Bonchev–Trinajstić information content (AvgIpc) is 3.07. The van der Waals surface area contributed by atoms with E-state index >= 15 is 0 Å². The molecule has 3 saturated heterocycles. The molecular formula is C12H20O4. The zero-order valence-electron chi connectivity index (χ0n) is 9.56. The number of ether oxygens (including phenoxy) is 3. The zero-order valence-corrected chi connectivity index (χ0v) is 9.56. The first kappa shape index (κ1) is 11.0. The molecule has 0 amide bonds. The molecule has 0 saturated carbocycles. The van der Waals surface area contributed by atoms with Crippen molar-refractivity contribution >= 4 is 0 Å². The molecule has 0 aliphatic carbocycles. The van der Waals surface area contributed by atoms with E-state index in [0.29, 0.717) is 18.3 Å². The van der Waals surface area contributed by atoms with Gasteiger partial charge in [0.05, 0.1) is 38.1 Å². The van der Waals surface area contributed by atoms with Crippen molar-refractivity contribution in [3.05, 3.63) is 0 Å². The molecule has 16 heavy (non-hydrogen) atoms. The molecule has 3 aliphatic rings. The largest absolute Gasteiger partial charge is 0.396 e. The fourth-order valence-electron chi connectivity index (χ4n) is 2.80. The van der Waals surface area contributed by atoms with Crippen LogP contribution < -0.4 is 0 Å². The van der Waals surface area contributed by atoms with Crippen molar-refractivity contribution in [2.24, 2.45) is 5.41 Å². The van der Waals surface area contributed by atoms with E-state index in [9.17, 15) is 5.11 Å². The zero-order chi connectivity index (χ0) is 11.0. The van der Waals surface area contributed by atoms with Crippen LogP contribution in [0.1, 0.15) is 25.7 Å². The van der Waals surface area contributed by atoms with E-state index in [4.69, 9.17) is 14.2 Å². The van der Waals surface area contributed by atoms with Gasteiger partial charge in [-0.2, -0.15) is 0 Å². The quantitative estimate of drug-likeness (QED) is 0.622. The smallest absolute Gasteiger partial charge is 0.0815 e. The Bertz CT molecular complexity index is 207. The SMILES string of the molecule is OCCC(CC1CO1)(CC1CO1)CC1CO1. The van der Waals surface area contributed by atoms with Crippen LogP contribution in [0.15, 0.2) is 0 Å². The van der Waals surface area contributed by atoms with E-state index in [1.165, 1.54) is 0 Å². The minimum Gasteiger partial charge on any atom is -0.396 e. The lowest BCUT2D eigenvalue weighted by molar-refractivity contribution is 0.110. The van der Waals surface area contributed by atoms with Gasteiger partial charge in [-0.1, -0.05) is 0 Å². The average molecular weight is 228 g/mol. The summed E-state index contributed by atoms with van der Waals surface area (Å²) in [7, 11) is 0. The number of epoxide rings is 3. The summed E-state index contributed by atoms with van der Waals surface area (Å²) in [4.78, 5) is 0.